The van der Waals surface area contributed by atoms with Crippen molar-refractivity contribution in [1.29, 1.82) is 0 Å². The monoisotopic (exact) mass is 264 g/mol. The third kappa shape index (κ3) is 1.42. The molecule has 0 spiro atoms. The van der Waals surface area contributed by atoms with E-state index >= 15 is 0 Å². The van der Waals surface area contributed by atoms with Crippen molar-refractivity contribution in [2.24, 2.45) is 0 Å². The summed E-state index contributed by atoms with van der Waals surface area (Å²) >= 11 is 0. The summed E-state index contributed by atoms with van der Waals surface area (Å²) in [7, 11) is 0. The molecule has 4 rings (SSSR count). The fourth-order valence-electron chi connectivity index (χ4n) is 2.54. The average Bonchev–Trinajstić information content (AvgIpc) is 2.76. The number of nitrogens with zero attached hydrogens (tertiary/aromatic N) is 2. The van der Waals surface area contributed by atoms with Crippen LogP contribution in [0.2, 0.25) is 0 Å². The molecule has 4 aromatic rings. The molecule has 3 heterocycles. The third-order valence-electron chi connectivity index (χ3n) is 3.54. The molecule has 0 amide bonds. The van der Waals surface area contributed by atoms with Gasteiger partial charge in [0.25, 0.3) is 0 Å². The van der Waals surface area contributed by atoms with E-state index in [2.05, 4.69) is 4.98 Å². The van der Waals surface area contributed by atoms with Gasteiger partial charge in [0.2, 0.25) is 11.1 Å². The van der Waals surface area contributed by atoms with E-state index in [0.29, 0.717) is 22.2 Å². The van der Waals surface area contributed by atoms with Gasteiger partial charge >= 0.3 is 0 Å². The van der Waals surface area contributed by atoms with Gasteiger partial charge < -0.3 is 4.42 Å². The summed E-state index contributed by atoms with van der Waals surface area (Å²) in [6.07, 6.45) is 1.90. The topological polar surface area (TPSA) is 47.5 Å². The van der Waals surface area contributed by atoms with Gasteiger partial charge in [0.1, 0.15) is 11.2 Å². The quantitative estimate of drug-likeness (QED) is 0.490. The Kier molecular flexibility index (Phi) is 2.07. The van der Waals surface area contributed by atoms with Crippen LogP contribution in [0.1, 0.15) is 11.1 Å². The smallest absolute Gasteiger partial charge is 0.250 e. The largest absolute Gasteiger partial charge is 0.436 e. The van der Waals surface area contributed by atoms with Crippen molar-refractivity contribution in [3.05, 3.63) is 57.9 Å². The summed E-state index contributed by atoms with van der Waals surface area (Å²) in [5.74, 6) is 0. The molecule has 0 saturated carbocycles. The lowest BCUT2D eigenvalue weighted by Gasteiger charge is -1.99. The first-order chi connectivity index (χ1) is 9.63. The molecule has 0 atom stereocenters. The first-order valence-electron chi connectivity index (χ1n) is 6.45. The van der Waals surface area contributed by atoms with Gasteiger partial charge in [-0.05, 0) is 43.2 Å². The molecule has 0 saturated heterocycles. The normalized spacial score (nSPS) is 11.7. The van der Waals surface area contributed by atoms with Crippen LogP contribution in [-0.4, -0.2) is 9.38 Å². The van der Waals surface area contributed by atoms with Crippen molar-refractivity contribution in [3.63, 3.8) is 0 Å². The Balaban J connectivity index is 2.31. The van der Waals surface area contributed by atoms with E-state index in [-0.39, 0.29) is 5.43 Å². The highest BCUT2D eigenvalue weighted by molar-refractivity contribution is 5.88. The predicted molar refractivity (Wildman–Crippen MR) is 78.2 cm³/mol. The molecular weight excluding hydrogens is 252 g/mol. The van der Waals surface area contributed by atoms with E-state index in [1.165, 1.54) is 0 Å². The zero-order valence-electron chi connectivity index (χ0n) is 11.2. The number of fused-ring (bicyclic) bond motifs is 4. The van der Waals surface area contributed by atoms with Crippen molar-refractivity contribution in [1.82, 2.24) is 9.38 Å². The summed E-state index contributed by atoms with van der Waals surface area (Å²) in [6, 6.07) is 9.45. The van der Waals surface area contributed by atoms with Crippen molar-refractivity contribution in [2.45, 2.75) is 13.8 Å². The van der Waals surface area contributed by atoms with Gasteiger partial charge in [-0.2, -0.15) is 4.98 Å². The number of aryl methyl sites for hydroxylation is 2. The van der Waals surface area contributed by atoms with Gasteiger partial charge in [0, 0.05) is 6.20 Å². The molecule has 0 N–H and O–H groups in total. The minimum atomic E-state index is -0.0423. The fraction of sp³-hybridized carbons (Fsp3) is 0.125. The first-order valence-corrected chi connectivity index (χ1v) is 6.45. The number of imidazole rings is 1. The minimum Gasteiger partial charge on any atom is -0.436 e. The van der Waals surface area contributed by atoms with Crippen LogP contribution in [0.5, 0.6) is 0 Å². The van der Waals surface area contributed by atoms with Crippen molar-refractivity contribution in [3.8, 4) is 0 Å². The van der Waals surface area contributed by atoms with Crippen LogP contribution in [0.3, 0.4) is 0 Å². The van der Waals surface area contributed by atoms with Crippen LogP contribution in [-0.2, 0) is 0 Å². The van der Waals surface area contributed by atoms with Crippen LogP contribution in [0.25, 0.3) is 27.8 Å². The Labute approximate surface area is 114 Å². The summed E-state index contributed by atoms with van der Waals surface area (Å²) in [5, 5.41) is 0.589. The average molecular weight is 264 g/mol. The third-order valence-corrected chi connectivity index (χ3v) is 3.54. The molecule has 0 aliphatic heterocycles. The van der Waals surface area contributed by atoms with Gasteiger partial charge in [0.15, 0.2) is 5.52 Å². The number of rotatable bonds is 0. The van der Waals surface area contributed by atoms with Gasteiger partial charge in [-0.25, -0.2) is 0 Å². The number of pyridine rings is 1. The Bertz CT molecular complexity index is 1040. The number of hydrogen-bond acceptors (Lipinski definition) is 3. The second kappa shape index (κ2) is 3.70. The molecule has 4 heteroatoms. The second-order valence-electron chi connectivity index (χ2n) is 5.13. The highest BCUT2D eigenvalue weighted by atomic mass is 16.3. The number of hydrogen-bond donors (Lipinski definition) is 0. The Morgan fingerprint density at radius 2 is 1.90 bits per heavy atom. The molecule has 0 bridgehead atoms. The van der Waals surface area contributed by atoms with E-state index in [1.54, 1.807) is 4.40 Å². The first kappa shape index (κ1) is 11.2. The predicted octanol–water partition coefficient (Wildman–Crippen LogP) is 3.21. The van der Waals surface area contributed by atoms with Gasteiger partial charge in [0.05, 0.1) is 5.39 Å². The Hall–Kier alpha value is -2.62. The Morgan fingerprint density at radius 3 is 2.75 bits per heavy atom. The number of benzene rings is 1. The number of aromatic nitrogens is 2. The van der Waals surface area contributed by atoms with Crippen LogP contribution >= 0.6 is 0 Å². The molecule has 20 heavy (non-hydrogen) atoms. The zero-order chi connectivity index (χ0) is 13.9. The van der Waals surface area contributed by atoms with E-state index in [9.17, 15) is 4.79 Å². The minimum absolute atomic E-state index is 0.0423. The van der Waals surface area contributed by atoms with Gasteiger partial charge in [-0.15, -0.1) is 0 Å². The van der Waals surface area contributed by atoms with E-state index in [1.807, 2.05) is 50.4 Å². The lowest BCUT2D eigenvalue weighted by molar-refractivity contribution is 0.647. The van der Waals surface area contributed by atoms with E-state index in [4.69, 9.17) is 4.42 Å². The summed E-state index contributed by atoms with van der Waals surface area (Å²) in [5.41, 5.74) is 4.28. The summed E-state index contributed by atoms with van der Waals surface area (Å²) in [4.78, 5) is 17.1. The van der Waals surface area contributed by atoms with E-state index < -0.39 is 0 Å². The van der Waals surface area contributed by atoms with Gasteiger partial charge in [-0.1, -0.05) is 12.1 Å². The molecule has 98 valence electrons. The van der Waals surface area contributed by atoms with Crippen LogP contribution in [0.4, 0.5) is 0 Å². The highest BCUT2D eigenvalue weighted by Gasteiger charge is 2.14. The molecule has 0 radical (unpaired) electrons. The SMILES string of the molecule is Cc1ccc2c(=O)c3c(nc4ccc(C)cn43)oc2c1. The molecule has 0 unspecified atom stereocenters. The fourth-order valence-corrected chi connectivity index (χ4v) is 2.54. The van der Waals surface area contributed by atoms with Crippen LogP contribution < -0.4 is 5.43 Å². The highest BCUT2D eigenvalue weighted by Crippen LogP contribution is 2.20. The second-order valence-corrected chi connectivity index (χ2v) is 5.13. The maximum Gasteiger partial charge on any atom is 0.250 e. The maximum absolute atomic E-state index is 12.7. The van der Waals surface area contributed by atoms with Crippen molar-refractivity contribution < 1.29 is 4.42 Å². The molecule has 4 nitrogen and oxygen atoms in total. The molecule has 1 aromatic carbocycles. The molecule has 3 aromatic heterocycles. The summed E-state index contributed by atoms with van der Waals surface area (Å²) < 4.78 is 7.60. The van der Waals surface area contributed by atoms with Crippen molar-refractivity contribution >= 4 is 27.8 Å². The molecule has 0 fully saturated rings. The maximum atomic E-state index is 12.7. The van der Waals surface area contributed by atoms with Crippen molar-refractivity contribution in [2.75, 3.05) is 0 Å². The van der Waals surface area contributed by atoms with Crippen LogP contribution in [0.15, 0.2) is 45.7 Å². The molecule has 0 aliphatic rings. The molecular formula is C16H12N2O2. The summed E-state index contributed by atoms with van der Waals surface area (Å²) in [6.45, 7) is 3.95. The zero-order valence-corrected chi connectivity index (χ0v) is 11.2. The lowest BCUT2D eigenvalue weighted by Crippen LogP contribution is -2.04. The van der Waals surface area contributed by atoms with E-state index in [0.717, 1.165) is 16.8 Å². The standard InChI is InChI=1S/C16H12N2O2/c1-9-3-5-11-12(7-9)20-16-14(15(11)19)18-8-10(2)4-6-13(18)17-16/h3-8H,1-2H3. The lowest BCUT2D eigenvalue weighted by atomic mass is 10.1. The van der Waals surface area contributed by atoms with Gasteiger partial charge in [-0.3, -0.25) is 9.20 Å². The van der Waals surface area contributed by atoms with Crippen LogP contribution in [0, 0.1) is 13.8 Å². The Morgan fingerprint density at radius 1 is 1.10 bits per heavy atom. The molecule has 0 aliphatic carbocycles.